The number of phosphoric acid groups is 1. The summed E-state index contributed by atoms with van der Waals surface area (Å²) in [5.41, 5.74) is 0. The summed E-state index contributed by atoms with van der Waals surface area (Å²) in [6, 6.07) is -0.854. The lowest BCUT2D eigenvalue weighted by molar-refractivity contribution is -0.870. The predicted molar refractivity (Wildman–Crippen MR) is 323 cm³/mol. The normalized spacial score (nSPS) is 14.1. The lowest BCUT2D eigenvalue weighted by atomic mass is 10.0. The maximum atomic E-state index is 13.5. The zero-order chi connectivity index (χ0) is 55.0. The highest BCUT2D eigenvalue weighted by molar-refractivity contribution is 7.47. The van der Waals surface area contributed by atoms with Gasteiger partial charge in [-0.05, 0) is 96.0 Å². The van der Waals surface area contributed by atoms with Gasteiger partial charge in [0.05, 0.1) is 33.8 Å². The summed E-state index contributed by atoms with van der Waals surface area (Å²) < 4.78 is 30.7. The number of quaternary nitrogens is 1. The third-order valence-corrected chi connectivity index (χ3v) is 14.9. The second kappa shape index (κ2) is 55.0. The maximum absolute atomic E-state index is 13.5. The van der Waals surface area contributed by atoms with Crippen LogP contribution in [-0.4, -0.2) is 74.3 Å². The first kappa shape index (κ1) is 72.7. The fraction of sp³-hybridized carbons (Fsp3) is 0.815. The van der Waals surface area contributed by atoms with Gasteiger partial charge in [-0.15, -0.1) is 0 Å². The molecular weight excluding hydrogens is 952 g/mol. The number of phosphoric ester groups is 1. The quantitative estimate of drug-likeness (QED) is 0.0205. The van der Waals surface area contributed by atoms with Crippen molar-refractivity contribution in [1.29, 1.82) is 0 Å². The largest absolute Gasteiger partial charge is 0.472 e. The first-order valence-corrected chi connectivity index (χ1v) is 33.1. The van der Waals surface area contributed by atoms with Crippen molar-refractivity contribution < 1.29 is 37.3 Å². The molecule has 0 aromatic carbocycles. The van der Waals surface area contributed by atoms with Crippen LogP contribution < -0.4 is 5.32 Å². The SMILES string of the molecule is CCCCC/C=C\C/C=C\C/C=C\CCCCCCCCCCC(=O)OC(/C=C/CCCCCCCCCCC)C(COP(=O)(O)OCC[N+](C)(C)C)NC(=O)CCCCCCCCC/C=C/CCCCCCCC. The average Bonchev–Trinajstić information content (AvgIpc) is 3.37. The van der Waals surface area contributed by atoms with Gasteiger partial charge in [0.1, 0.15) is 19.3 Å². The van der Waals surface area contributed by atoms with Gasteiger partial charge in [0, 0.05) is 12.8 Å². The van der Waals surface area contributed by atoms with Gasteiger partial charge in [-0.25, -0.2) is 4.57 Å². The molecule has 0 saturated heterocycles. The number of amides is 1. The van der Waals surface area contributed by atoms with E-state index in [1.807, 2.05) is 33.3 Å². The molecule has 0 fully saturated rings. The number of unbranched alkanes of at least 4 members (excludes halogenated alkanes) is 33. The Hall–Kier alpha value is -2.29. The Labute approximate surface area is 464 Å². The van der Waals surface area contributed by atoms with E-state index in [0.717, 1.165) is 96.3 Å². The molecule has 75 heavy (non-hydrogen) atoms. The molecule has 1 amide bonds. The molecule has 3 unspecified atom stereocenters. The van der Waals surface area contributed by atoms with Gasteiger partial charge in [0.2, 0.25) is 5.91 Å². The minimum atomic E-state index is -4.45. The van der Waals surface area contributed by atoms with E-state index in [1.165, 1.54) is 161 Å². The lowest BCUT2D eigenvalue weighted by Crippen LogP contribution is -2.47. The molecule has 0 saturated carbocycles. The molecule has 9 nitrogen and oxygen atoms in total. The van der Waals surface area contributed by atoms with E-state index in [1.54, 1.807) is 0 Å². The molecule has 0 aromatic rings. The third kappa shape index (κ3) is 56.2. The highest BCUT2D eigenvalue weighted by Gasteiger charge is 2.30. The van der Waals surface area contributed by atoms with Gasteiger partial charge in [0.25, 0.3) is 0 Å². The summed E-state index contributed by atoms with van der Waals surface area (Å²) in [6.45, 7) is 6.98. The van der Waals surface area contributed by atoms with Crippen LogP contribution in [0.1, 0.15) is 290 Å². The van der Waals surface area contributed by atoms with E-state index in [4.69, 9.17) is 13.8 Å². The summed E-state index contributed by atoms with van der Waals surface area (Å²) in [6.07, 6.45) is 69.3. The van der Waals surface area contributed by atoms with E-state index in [0.29, 0.717) is 17.4 Å². The monoisotopic (exact) mass is 1070 g/mol. The molecule has 0 aromatic heterocycles. The molecule has 0 aliphatic heterocycles. The maximum Gasteiger partial charge on any atom is 0.472 e. The molecule has 10 heteroatoms. The Morgan fingerprint density at radius 3 is 1.25 bits per heavy atom. The highest BCUT2D eigenvalue weighted by atomic mass is 31.2. The van der Waals surface area contributed by atoms with Crippen LogP contribution in [0, 0.1) is 0 Å². The number of nitrogens with one attached hydrogen (secondary N) is 1. The Balaban J connectivity index is 5.21. The van der Waals surface area contributed by atoms with Gasteiger partial charge in [-0.1, -0.05) is 242 Å². The van der Waals surface area contributed by atoms with Crippen LogP contribution in [-0.2, 0) is 27.9 Å². The molecule has 3 atom stereocenters. The Morgan fingerprint density at radius 2 is 0.813 bits per heavy atom. The van der Waals surface area contributed by atoms with E-state index in [9.17, 15) is 19.0 Å². The van der Waals surface area contributed by atoms with Crippen molar-refractivity contribution >= 4 is 19.7 Å². The fourth-order valence-corrected chi connectivity index (χ4v) is 9.74. The smallest absolute Gasteiger partial charge is 0.456 e. The number of carbonyl (C=O) groups excluding carboxylic acids is 2. The molecular formula is C65H122N2O7P+. The molecule has 0 rings (SSSR count). The van der Waals surface area contributed by atoms with Gasteiger partial charge >= 0.3 is 13.8 Å². The fourth-order valence-electron chi connectivity index (χ4n) is 9.00. The zero-order valence-electron chi connectivity index (χ0n) is 50.0. The molecule has 438 valence electrons. The topological polar surface area (TPSA) is 111 Å². The van der Waals surface area contributed by atoms with Crippen LogP contribution in [0.4, 0.5) is 0 Å². The summed E-state index contributed by atoms with van der Waals surface area (Å²) in [5.74, 6) is -0.513. The number of esters is 1. The number of nitrogens with zero attached hydrogens (tertiary/aromatic N) is 1. The minimum Gasteiger partial charge on any atom is -0.456 e. The Kier molecular flexibility index (Phi) is 53.4. The van der Waals surface area contributed by atoms with Gasteiger partial charge in [-0.3, -0.25) is 18.6 Å². The van der Waals surface area contributed by atoms with Crippen LogP contribution in [0.15, 0.2) is 60.8 Å². The number of allylic oxidation sites excluding steroid dienone is 9. The first-order valence-electron chi connectivity index (χ1n) is 31.6. The number of hydrogen-bond acceptors (Lipinski definition) is 6. The molecule has 0 heterocycles. The molecule has 0 bridgehead atoms. The molecule has 0 aliphatic carbocycles. The first-order chi connectivity index (χ1) is 36.4. The van der Waals surface area contributed by atoms with Crippen molar-refractivity contribution in [3.8, 4) is 0 Å². The average molecular weight is 1070 g/mol. The molecule has 0 radical (unpaired) electrons. The standard InChI is InChI=1S/C65H121N2O7P/c1-7-10-13-16-19-22-25-27-29-31-32-33-34-36-38-40-43-46-49-52-55-58-65(69)74-63(56-53-50-47-44-41-24-21-18-15-12-9-3)62(61-73-75(70,71)72-60-59-67(4,5)6)66-64(68)57-54-51-48-45-42-39-37-35-30-28-26-23-20-17-14-11-8-2/h19,22,27-30,32-33,53,56,62-63H,7-18,20-21,23-26,31,34-52,54-55,57-61H2,1-6H3,(H-,66,68,70,71)/p+1/b22-19-,29-27-,30-28+,33-32-,56-53+. The summed E-state index contributed by atoms with van der Waals surface area (Å²) in [4.78, 5) is 37.7. The van der Waals surface area contributed by atoms with E-state index in [-0.39, 0.29) is 31.5 Å². The van der Waals surface area contributed by atoms with Crippen molar-refractivity contribution in [3.05, 3.63) is 60.8 Å². The van der Waals surface area contributed by atoms with E-state index < -0.39 is 20.0 Å². The van der Waals surface area contributed by atoms with Crippen LogP contribution in [0.3, 0.4) is 0 Å². The summed E-state index contributed by atoms with van der Waals surface area (Å²) in [7, 11) is 1.49. The van der Waals surface area contributed by atoms with Crippen molar-refractivity contribution in [2.24, 2.45) is 0 Å². The Morgan fingerprint density at radius 1 is 0.467 bits per heavy atom. The van der Waals surface area contributed by atoms with Crippen LogP contribution >= 0.6 is 7.82 Å². The van der Waals surface area contributed by atoms with Crippen molar-refractivity contribution in [2.45, 2.75) is 303 Å². The minimum absolute atomic E-state index is 0.0373. The van der Waals surface area contributed by atoms with Crippen molar-refractivity contribution in [1.82, 2.24) is 5.32 Å². The van der Waals surface area contributed by atoms with Gasteiger partial charge in [-0.2, -0.15) is 0 Å². The number of hydrogen-bond donors (Lipinski definition) is 2. The summed E-state index contributed by atoms with van der Waals surface area (Å²) in [5, 5.41) is 3.05. The Bertz CT molecular complexity index is 1470. The number of carbonyl (C=O) groups is 2. The van der Waals surface area contributed by atoms with Crippen molar-refractivity contribution in [2.75, 3.05) is 40.9 Å². The van der Waals surface area contributed by atoms with Gasteiger partial charge < -0.3 is 19.4 Å². The number of rotatable bonds is 57. The van der Waals surface area contributed by atoms with Crippen LogP contribution in [0.5, 0.6) is 0 Å². The van der Waals surface area contributed by atoms with E-state index in [2.05, 4.69) is 74.7 Å². The van der Waals surface area contributed by atoms with Crippen molar-refractivity contribution in [3.63, 3.8) is 0 Å². The molecule has 0 spiro atoms. The van der Waals surface area contributed by atoms with Crippen LogP contribution in [0.2, 0.25) is 0 Å². The highest BCUT2D eigenvalue weighted by Crippen LogP contribution is 2.43. The second-order valence-electron chi connectivity index (χ2n) is 22.6. The zero-order valence-corrected chi connectivity index (χ0v) is 50.9. The van der Waals surface area contributed by atoms with Crippen LogP contribution in [0.25, 0.3) is 0 Å². The molecule has 2 N–H and O–H groups in total. The number of ether oxygens (including phenoxy) is 1. The third-order valence-electron chi connectivity index (χ3n) is 13.9. The molecule has 0 aliphatic rings. The predicted octanol–water partition coefficient (Wildman–Crippen LogP) is 19.4. The van der Waals surface area contributed by atoms with Gasteiger partial charge in [0.15, 0.2) is 0 Å². The number of likely N-dealkylation sites (N-methyl/N-ethyl adjacent to an activating group) is 1. The van der Waals surface area contributed by atoms with E-state index >= 15 is 0 Å². The summed E-state index contributed by atoms with van der Waals surface area (Å²) >= 11 is 0. The second-order valence-corrected chi connectivity index (χ2v) is 24.0. The lowest BCUT2D eigenvalue weighted by Gasteiger charge is -2.27.